The molecule has 5 rings (SSSR count). The van der Waals surface area contributed by atoms with Crippen molar-refractivity contribution in [1.82, 2.24) is 10.2 Å². The second-order valence-corrected chi connectivity index (χ2v) is 11.0. The van der Waals surface area contributed by atoms with Gasteiger partial charge in [0.1, 0.15) is 18.1 Å². The molecule has 6 heteroatoms. The molecule has 0 aromatic heterocycles. The molecule has 0 spiro atoms. The molecule has 2 aliphatic heterocycles. The Bertz CT molecular complexity index is 1290. The standard InChI is InChI=1S/C35H44N2O4/c1-4-25-9-7-8-10-26(5-2)35(25)36-34(38)24-37-23-30(29-12-11-28-17-18-41-33(28)22-29)21-32(37)27-13-15-31(16-14-27)40-20-19-39-6-3/h7,9-16,22,30,32H,4-6,8,17-21,23-24H2,1-3H3,(H,36,38)/t30-,32?/m1/s1. The van der Waals surface area contributed by atoms with Crippen molar-refractivity contribution in [3.63, 3.8) is 0 Å². The van der Waals surface area contributed by atoms with Gasteiger partial charge in [0.05, 0.1) is 19.8 Å². The zero-order chi connectivity index (χ0) is 28.6. The van der Waals surface area contributed by atoms with E-state index in [9.17, 15) is 4.79 Å². The van der Waals surface area contributed by atoms with Gasteiger partial charge in [-0.05, 0) is 84.6 Å². The van der Waals surface area contributed by atoms with Crippen LogP contribution in [0.4, 0.5) is 0 Å². The summed E-state index contributed by atoms with van der Waals surface area (Å²) in [5.41, 5.74) is 7.18. The highest BCUT2D eigenvalue weighted by atomic mass is 16.5. The summed E-state index contributed by atoms with van der Waals surface area (Å²) >= 11 is 0. The van der Waals surface area contributed by atoms with Crippen LogP contribution in [-0.4, -0.2) is 50.3 Å². The van der Waals surface area contributed by atoms with E-state index in [4.69, 9.17) is 14.2 Å². The zero-order valence-electron chi connectivity index (χ0n) is 24.8. The van der Waals surface area contributed by atoms with E-state index in [0.29, 0.717) is 32.3 Å². The summed E-state index contributed by atoms with van der Waals surface area (Å²) in [5.74, 6) is 2.21. The third kappa shape index (κ3) is 7.11. The van der Waals surface area contributed by atoms with E-state index in [1.165, 1.54) is 27.8 Å². The number of nitrogens with zero attached hydrogens (tertiary/aromatic N) is 1. The molecule has 2 atom stereocenters. The molecule has 1 fully saturated rings. The monoisotopic (exact) mass is 556 g/mol. The summed E-state index contributed by atoms with van der Waals surface area (Å²) in [5, 5.41) is 3.32. The van der Waals surface area contributed by atoms with Gasteiger partial charge in [0.15, 0.2) is 0 Å². The summed E-state index contributed by atoms with van der Waals surface area (Å²) in [7, 11) is 0. The first-order valence-corrected chi connectivity index (χ1v) is 15.3. The molecule has 0 saturated carbocycles. The summed E-state index contributed by atoms with van der Waals surface area (Å²) < 4.78 is 17.1. The number of carbonyl (C=O) groups is 1. The number of rotatable bonds is 12. The number of benzene rings is 2. The first-order chi connectivity index (χ1) is 20.1. The van der Waals surface area contributed by atoms with Gasteiger partial charge in [-0.15, -0.1) is 0 Å². The maximum atomic E-state index is 13.6. The first-order valence-electron chi connectivity index (χ1n) is 15.3. The lowest BCUT2D eigenvalue weighted by Crippen LogP contribution is -2.37. The van der Waals surface area contributed by atoms with Crippen LogP contribution in [0.3, 0.4) is 0 Å². The van der Waals surface area contributed by atoms with Crippen LogP contribution in [0.15, 0.2) is 77.5 Å². The molecule has 2 aromatic carbocycles. The Morgan fingerprint density at radius 1 is 1.05 bits per heavy atom. The van der Waals surface area contributed by atoms with Crippen molar-refractivity contribution in [1.29, 1.82) is 0 Å². The molecule has 1 aliphatic carbocycles. The molecule has 1 amide bonds. The molecule has 6 nitrogen and oxygen atoms in total. The number of allylic oxidation sites excluding steroid dienone is 5. The Morgan fingerprint density at radius 3 is 2.66 bits per heavy atom. The fourth-order valence-corrected chi connectivity index (χ4v) is 6.20. The van der Waals surface area contributed by atoms with Crippen molar-refractivity contribution in [3.05, 3.63) is 94.2 Å². The molecule has 0 radical (unpaired) electrons. The fraction of sp³-hybridized carbons (Fsp3) is 0.457. The maximum absolute atomic E-state index is 13.6. The average Bonchev–Trinajstić information content (AvgIpc) is 3.58. The van der Waals surface area contributed by atoms with Gasteiger partial charge in [0.25, 0.3) is 0 Å². The van der Waals surface area contributed by atoms with E-state index in [0.717, 1.165) is 62.5 Å². The largest absolute Gasteiger partial charge is 0.493 e. The van der Waals surface area contributed by atoms with E-state index < -0.39 is 0 Å². The Morgan fingerprint density at radius 2 is 1.88 bits per heavy atom. The number of likely N-dealkylation sites (tertiary alicyclic amines) is 1. The molecule has 2 aromatic rings. The lowest BCUT2D eigenvalue weighted by molar-refractivity contribution is -0.121. The van der Waals surface area contributed by atoms with Crippen LogP contribution in [0.2, 0.25) is 0 Å². The smallest absolute Gasteiger partial charge is 0.238 e. The van der Waals surface area contributed by atoms with Crippen molar-refractivity contribution in [2.75, 3.05) is 39.5 Å². The second kappa shape index (κ2) is 14.0. The quantitative estimate of drug-likeness (QED) is 0.297. The van der Waals surface area contributed by atoms with Gasteiger partial charge < -0.3 is 19.5 Å². The molecule has 1 unspecified atom stereocenters. The summed E-state index contributed by atoms with van der Waals surface area (Å²) in [6.07, 6.45) is 11.2. The number of amides is 1. The van der Waals surface area contributed by atoms with Gasteiger partial charge in [-0.1, -0.05) is 56.3 Å². The van der Waals surface area contributed by atoms with Gasteiger partial charge in [-0.25, -0.2) is 0 Å². The van der Waals surface area contributed by atoms with Crippen LogP contribution < -0.4 is 14.8 Å². The molecule has 1 N–H and O–H groups in total. The summed E-state index contributed by atoms with van der Waals surface area (Å²) in [4.78, 5) is 16.0. The van der Waals surface area contributed by atoms with E-state index in [2.05, 4.69) is 72.6 Å². The molecule has 1 saturated heterocycles. The highest BCUT2D eigenvalue weighted by Gasteiger charge is 2.35. The number of ether oxygens (including phenoxy) is 3. The first kappa shape index (κ1) is 29.2. The third-order valence-electron chi connectivity index (χ3n) is 8.39. The SMILES string of the molecule is CCOCCOc1ccc(C2C[C@@H](c3ccc4c(c3)OCC4)CN2CC(=O)NC2=C(CC)C=CCC=C2CC)cc1. The molecular weight excluding hydrogens is 512 g/mol. The number of nitrogens with one attached hydrogen (secondary N) is 1. The normalized spacial score (nSPS) is 20.4. The predicted molar refractivity (Wildman–Crippen MR) is 163 cm³/mol. The minimum Gasteiger partial charge on any atom is -0.493 e. The van der Waals surface area contributed by atoms with Crippen LogP contribution in [0.5, 0.6) is 11.5 Å². The highest BCUT2D eigenvalue weighted by molar-refractivity contribution is 5.81. The average molecular weight is 557 g/mol. The van der Waals surface area contributed by atoms with E-state index in [1.807, 2.05) is 19.1 Å². The molecule has 3 aliphatic rings. The maximum Gasteiger partial charge on any atom is 0.238 e. The van der Waals surface area contributed by atoms with Gasteiger partial charge in [-0.2, -0.15) is 0 Å². The topological polar surface area (TPSA) is 60.0 Å². The van der Waals surface area contributed by atoms with Gasteiger partial charge in [0.2, 0.25) is 5.91 Å². The van der Waals surface area contributed by atoms with Crippen molar-refractivity contribution < 1.29 is 19.0 Å². The second-order valence-electron chi connectivity index (χ2n) is 11.0. The number of carbonyl (C=O) groups excluding carboxylic acids is 1. The number of fused-ring (bicyclic) bond motifs is 1. The van der Waals surface area contributed by atoms with E-state index in [-0.39, 0.29) is 11.9 Å². The zero-order valence-corrected chi connectivity index (χ0v) is 24.8. The minimum atomic E-state index is 0.0411. The lowest BCUT2D eigenvalue weighted by atomic mass is 9.93. The van der Waals surface area contributed by atoms with E-state index in [1.54, 1.807) is 0 Å². The molecule has 0 bridgehead atoms. The Labute approximate surface area is 245 Å². The lowest BCUT2D eigenvalue weighted by Gasteiger charge is -2.25. The summed E-state index contributed by atoms with van der Waals surface area (Å²) in [6, 6.07) is 15.2. The predicted octanol–water partition coefficient (Wildman–Crippen LogP) is 6.64. The number of hydrogen-bond donors (Lipinski definition) is 1. The van der Waals surface area contributed by atoms with Crippen LogP contribution in [0, 0.1) is 0 Å². The fourth-order valence-electron chi connectivity index (χ4n) is 6.20. The van der Waals surface area contributed by atoms with Crippen LogP contribution in [-0.2, 0) is 16.0 Å². The van der Waals surface area contributed by atoms with Crippen molar-refractivity contribution in [2.45, 2.75) is 64.8 Å². The molecular formula is C35H44N2O4. The van der Waals surface area contributed by atoms with Crippen LogP contribution >= 0.6 is 0 Å². The minimum absolute atomic E-state index is 0.0411. The number of hydrogen-bond acceptors (Lipinski definition) is 5. The molecule has 218 valence electrons. The van der Waals surface area contributed by atoms with Crippen LogP contribution in [0.25, 0.3) is 0 Å². The van der Waals surface area contributed by atoms with Crippen molar-refractivity contribution in [3.8, 4) is 11.5 Å². The highest BCUT2D eigenvalue weighted by Crippen LogP contribution is 2.42. The van der Waals surface area contributed by atoms with Gasteiger partial charge in [-0.3, -0.25) is 9.69 Å². The third-order valence-corrected chi connectivity index (χ3v) is 8.39. The van der Waals surface area contributed by atoms with Gasteiger partial charge >= 0.3 is 0 Å². The Kier molecular flexibility index (Phi) is 9.97. The Balaban J connectivity index is 1.34. The van der Waals surface area contributed by atoms with Crippen molar-refractivity contribution >= 4 is 5.91 Å². The molecule has 2 heterocycles. The summed E-state index contributed by atoms with van der Waals surface area (Å²) in [6.45, 7) is 10.0. The van der Waals surface area contributed by atoms with Crippen LogP contribution in [0.1, 0.15) is 75.1 Å². The van der Waals surface area contributed by atoms with Gasteiger partial charge in [0, 0.05) is 31.3 Å². The Hall–Kier alpha value is -3.35. The van der Waals surface area contributed by atoms with Crippen molar-refractivity contribution in [2.24, 2.45) is 0 Å². The van der Waals surface area contributed by atoms with E-state index >= 15 is 0 Å². The molecule has 41 heavy (non-hydrogen) atoms.